The van der Waals surface area contributed by atoms with Gasteiger partial charge in [0.25, 0.3) is 5.91 Å². The van der Waals surface area contributed by atoms with Gasteiger partial charge in [0.2, 0.25) is 0 Å². The van der Waals surface area contributed by atoms with E-state index < -0.39 is 5.82 Å². The van der Waals surface area contributed by atoms with Crippen LogP contribution in [0.2, 0.25) is 5.02 Å². The van der Waals surface area contributed by atoms with Crippen LogP contribution in [0.25, 0.3) is 0 Å². The van der Waals surface area contributed by atoms with E-state index in [2.05, 4.69) is 5.32 Å². The number of carbonyl (C=O) groups is 1. The molecule has 2 aromatic carbocycles. The molecule has 0 aromatic heterocycles. The molecular weight excluding hydrogens is 321 g/mol. The predicted molar refractivity (Wildman–Crippen MR) is 86.5 cm³/mol. The quantitative estimate of drug-likeness (QED) is 0.873. The Balaban J connectivity index is 1.92. The normalized spacial score (nSPS) is 11.7. The first-order valence-electron chi connectivity index (χ1n) is 7.01. The van der Waals surface area contributed by atoms with Crippen molar-refractivity contribution < 1.29 is 18.7 Å². The van der Waals surface area contributed by atoms with Crippen molar-refractivity contribution in [2.45, 2.75) is 13.0 Å². The molecule has 4 nitrogen and oxygen atoms in total. The van der Waals surface area contributed by atoms with Crippen LogP contribution in [0.3, 0.4) is 0 Å². The number of hydrogen-bond acceptors (Lipinski definition) is 3. The van der Waals surface area contributed by atoms with Gasteiger partial charge < -0.3 is 14.8 Å². The number of halogens is 2. The molecule has 0 fully saturated rings. The maximum Gasteiger partial charge on any atom is 0.258 e. The molecule has 0 saturated heterocycles. The lowest BCUT2D eigenvalue weighted by Gasteiger charge is -2.17. The van der Waals surface area contributed by atoms with E-state index >= 15 is 0 Å². The van der Waals surface area contributed by atoms with Gasteiger partial charge in [-0.25, -0.2) is 4.39 Å². The van der Waals surface area contributed by atoms with E-state index in [0.717, 1.165) is 5.56 Å². The summed E-state index contributed by atoms with van der Waals surface area (Å²) in [5.74, 6) is 0.195. The molecule has 0 spiro atoms. The largest absolute Gasteiger partial charge is 0.496 e. The van der Waals surface area contributed by atoms with Gasteiger partial charge in [-0.05, 0) is 25.1 Å². The van der Waals surface area contributed by atoms with Gasteiger partial charge in [-0.1, -0.05) is 29.8 Å². The average molecular weight is 338 g/mol. The van der Waals surface area contributed by atoms with Gasteiger partial charge >= 0.3 is 0 Å². The first kappa shape index (κ1) is 17.1. The van der Waals surface area contributed by atoms with E-state index in [4.69, 9.17) is 21.1 Å². The highest BCUT2D eigenvalue weighted by molar-refractivity contribution is 6.30. The lowest BCUT2D eigenvalue weighted by molar-refractivity contribution is -0.123. The molecule has 23 heavy (non-hydrogen) atoms. The first-order chi connectivity index (χ1) is 11.0. The molecule has 0 radical (unpaired) electrons. The van der Waals surface area contributed by atoms with Crippen molar-refractivity contribution in [2.75, 3.05) is 13.7 Å². The van der Waals surface area contributed by atoms with Gasteiger partial charge in [0.15, 0.2) is 6.61 Å². The van der Waals surface area contributed by atoms with Crippen LogP contribution < -0.4 is 14.8 Å². The Hall–Kier alpha value is -2.27. The molecule has 1 atom stereocenters. The molecule has 0 saturated carbocycles. The number of nitrogens with one attached hydrogen (secondary N) is 1. The maximum atomic E-state index is 13.1. The number of para-hydroxylation sites is 1. The average Bonchev–Trinajstić information content (AvgIpc) is 2.55. The molecular formula is C17H17ClFNO3. The van der Waals surface area contributed by atoms with Gasteiger partial charge in [-0.15, -0.1) is 0 Å². The minimum Gasteiger partial charge on any atom is -0.496 e. The van der Waals surface area contributed by atoms with Crippen LogP contribution in [0.5, 0.6) is 11.5 Å². The zero-order valence-electron chi connectivity index (χ0n) is 12.8. The molecule has 0 aliphatic rings. The zero-order chi connectivity index (χ0) is 16.8. The highest BCUT2D eigenvalue weighted by atomic mass is 35.5. The first-order valence-corrected chi connectivity index (χ1v) is 7.39. The summed E-state index contributed by atoms with van der Waals surface area (Å²) < 4.78 is 23.6. The van der Waals surface area contributed by atoms with Gasteiger partial charge in [-0.2, -0.15) is 0 Å². The summed E-state index contributed by atoms with van der Waals surface area (Å²) in [6.45, 7) is 1.66. The molecule has 0 bridgehead atoms. The van der Waals surface area contributed by atoms with E-state index in [-0.39, 0.29) is 23.6 Å². The molecule has 6 heteroatoms. The van der Waals surface area contributed by atoms with E-state index in [1.54, 1.807) is 7.11 Å². The third-order valence-corrected chi connectivity index (χ3v) is 3.53. The summed E-state index contributed by atoms with van der Waals surface area (Å²) in [6.07, 6.45) is 0. The van der Waals surface area contributed by atoms with Crippen molar-refractivity contribution in [3.8, 4) is 11.5 Å². The third kappa shape index (κ3) is 4.60. The number of amides is 1. The van der Waals surface area contributed by atoms with E-state index in [1.165, 1.54) is 18.2 Å². The molecule has 2 rings (SSSR count). The standard InChI is InChI=1S/C17H17ClFNO3/c1-11(13-5-3-4-6-16(13)22-2)20-17(21)10-23-12-7-8-15(19)14(18)9-12/h3-9,11H,10H2,1-2H3,(H,20,21). The van der Waals surface area contributed by atoms with Crippen LogP contribution >= 0.6 is 11.6 Å². The topological polar surface area (TPSA) is 47.6 Å². The monoisotopic (exact) mass is 337 g/mol. The van der Waals surface area contributed by atoms with Gasteiger partial charge in [0.05, 0.1) is 18.2 Å². The number of carbonyl (C=O) groups excluding carboxylic acids is 1. The molecule has 2 aromatic rings. The summed E-state index contributed by atoms with van der Waals surface area (Å²) in [7, 11) is 1.58. The van der Waals surface area contributed by atoms with Gasteiger partial charge in [0, 0.05) is 11.6 Å². The second-order valence-electron chi connectivity index (χ2n) is 4.90. The minimum atomic E-state index is -0.534. The molecule has 0 heterocycles. The van der Waals surface area contributed by atoms with Gasteiger partial charge in [-0.3, -0.25) is 4.79 Å². The lowest BCUT2D eigenvalue weighted by atomic mass is 10.1. The zero-order valence-corrected chi connectivity index (χ0v) is 13.6. The van der Waals surface area contributed by atoms with Crippen molar-refractivity contribution in [1.82, 2.24) is 5.32 Å². The molecule has 0 aliphatic carbocycles. The fraction of sp³-hybridized carbons (Fsp3) is 0.235. The smallest absolute Gasteiger partial charge is 0.258 e. The Labute approximate surface area is 139 Å². The second kappa shape index (κ2) is 7.83. The van der Waals surface area contributed by atoms with Crippen LogP contribution in [0.15, 0.2) is 42.5 Å². The third-order valence-electron chi connectivity index (χ3n) is 3.24. The van der Waals surface area contributed by atoms with Gasteiger partial charge in [0.1, 0.15) is 17.3 Å². The minimum absolute atomic E-state index is 0.0506. The number of hydrogen-bond donors (Lipinski definition) is 1. The lowest BCUT2D eigenvalue weighted by Crippen LogP contribution is -2.31. The Morgan fingerprint density at radius 3 is 2.74 bits per heavy atom. The van der Waals surface area contributed by atoms with Crippen LogP contribution in [-0.4, -0.2) is 19.6 Å². The van der Waals surface area contributed by atoms with Crippen molar-refractivity contribution in [3.05, 3.63) is 58.9 Å². The Kier molecular flexibility index (Phi) is 5.82. The summed E-state index contributed by atoms with van der Waals surface area (Å²) in [5.41, 5.74) is 0.869. The summed E-state index contributed by atoms with van der Waals surface area (Å²) in [5, 5.41) is 2.77. The highest BCUT2D eigenvalue weighted by Gasteiger charge is 2.14. The molecule has 1 N–H and O–H groups in total. The van der Waals surface area contributed by atoms with Crippen molar-refractivity contribution >= 4 is 17.5 Å². The fourth-order valence-electron chi connectivity index (χ4n) is 2.10. The fourth-order valence-corrected chi connectivity index (χ4v) is 2.27. The molecule has 122 valence electrons. The van der Waals surface area contributed by atoms with Crippen LogP contribution in [0.4, 0.5) is 4.39 Å². The van der Waals surface area contributed by atoms with Crippen LogP contribution in [0.1, 0.15) is 18.5 Å². The van der Waals surface area contributed by atoms with E-state index in [1.807, 2.05) is 31.2 Å². The Bertz CT molecular complexity index is 693. The van der Waals surface area contributed by atoms with E-state index in [0.29, 0.717) is 11.5 Å². The predicted octanol–water partition coefficient (Wildman–Crippen LogP) is 3.74. The number of ether oxygens (including phenoxy) is 2. The molecule has 0 aliphatic heterocycles. The molecule has 1 amide bonds. The number of benzene rings is 2. The van der Waals surface area contributed by atoms with Crippen molar-refractivity contribution in [2.24, 2.45) is 0 Å². The van der Waals surface area contributed by atoms with Crippen molar-refractivity contribution in [3.63, 3.8) is 0 Å². The highest BCUT2D eigenvalue weighted by Crippen LogP contribution is 2.24. The Morgan fingerprint density at radius 2 is 2.04 bits per heavy atom. The molecule has 1 unspecified atom stereocenters. The SMILES string of the molecule is COc1ccccc1C(C)NC(=O)COc1ccc(F)c(Cl)c1. The van der Waals surface area contributed by atoms with Crippen molar-refractivity contribution in [1.29, 1.82) is 0 Å². The summed E-state index contributed by atoms with van der Waals surface area (Å²) in [4.78, 5) is 12.0. The van der Waals surface area contributed by atoms with Crippen LogP contribution in [-0.2, 0) is 4.79 Å². The Morgan fingerprint density at radius 1 is 1.30 bits per heavy atom. The maximum absolute atomic E-state index is 13.1. The van der Waals surface area contributed by atoms with E-state index in [9.17, 15) is 9.18 Å². The van der Waals surface area contributed by atoms with Crippen LogP contribution in [0, 0.1) is 5.82 Å². The summed E-state index contributed by atoms with van der Waals surface area (Å²) in [6, 6.07) is 11.1. The summed E-state index contributed by atoms with van der Waals surface area (Å²) >= 11 is 5.66. The second-order valence-corrected chi connectivity index (χ2v) is 5.30. The number of methoxy groups -OCH3 is 1. The number of rotatable bonds is 6.